The van der Waals surface area contributed by atoms with Gasteiger partial charge in [0.05, 0.1) is 6.04 Å². The number of hydrogen-bond donors (Lipinski definition) is 1. The molecule has 1 atom stereocenters. The van der Waals surface area contributed by atoms with E-state index < -0.39 is 0 Å². The van der Waals surface area contributed by atoms with Crippen LogP contribution in [0.4, 0.5) is 5.69 Å². The van der Waals surface area contributed by atoms with E-state index in [1.165, 1.54) is 11.3 Å². The van der Waals surface area contributed by atoms with E-state index in [1.807, 2.05) is 24.3 Å². The number of nitrogens with zero attached hydrogens (tertiary/aromatic N) is 1. The number of piperazine rings is 1. The van der Waals surface area contributed by atoms with E-state index in [-0.39, 0.29) is 0 Å². The lowest BCUT2D eigenvalue weighted by molar-refractivity contribution is 0.267. The van der Waals surface area contributed by atoms with E-state index >= 15 is 0 Å². The third-order valence-corrected chi connectivity index (χ3v) is 4.75. The molecule has 0 radical (unpaired) electrons. The van der Waals surface area contributed by atoms with Crippen molar-refractivity contribution in [2.24, 2.45) is 0 Å². The van der Waals surface area contributed by atoms with E-state index in [1.54, 1.807) is 0 Å². The lowest BCUT2D eigenvalue weighted by Crippen LogP contribution is -2.54. The summed E-state index contributed by atoms with van der Waals surface area (Å²) in [6.45, 7) is 8.03. The van der Waals surface area contributed by atoms with Crippen LogP contribution in [0.15, 0.2) is 48.5 Å². The maximum absolute atomic E-state index is 5.97. The smallest absolute Gasteiger partial charge is 0.119 e. The number of anilines is 1. The van der Waals surface area contributed by atoms with Gasteiger partial charge in [-0.3, -0.25) is 0 Å². The first-order valence-electron chi connectivity index (χ1n) is 8.59. The molecule has 0 amide bonds. The second-order valence-corrected chi connectivity index (χ2v) is 7.00. The zero-order chi connectivity index (χ0) is 16.9. The van der Waals surface area contributed by atoms with Crippen LogP contribution < -0.4 is 15.0 Å². The Bertz CT molecular complexity index is 640. The standard InChI is InChI=1S/C20H25ClN2O/c1-15(2)16-3-7-18(8-4-16)23-12-11-22-13-19(23)14-24-20-9-5-17(21)6-10-20/h3-10,15,19,22H,11-14H2,1-2H3. The van der Waals surface area contributed by atoms with Gasteiger partial charge in [0, 0.05) is 30.3 Å². The molecule has 128 valence electrons. The second-order valence-electron chi connectivity index (χ2n) is 6.56. The van der Waals surface area contributed by atoms with Gasteiger partial charge in [-0.2, -0.15) is 0 Å². The topological polar surface area (TPSA) is 24.5 Å². The zero-order valence-electron chi connectivity index (χ0n) is 14.3. The highest BCUT2D eigenvalue weighted by Gasteiger charge is 2.23. The molecule has 1 heterocycles. The van der Waals surface area contributed by atoms with E-state index in [9.17, 15) is 0 Å². The van der Waals surface area contributed by atoms with E-state index in [0.717, 1.165) is 30.4 Å². The van der Waals surface area contributed by atoms with Gasteiger partial charge < -0.3 is 15.0 Å². The van der Waals surface area contributed by atoms with Crippen molar-refractivity contribution in [2.45, 2.75) is 25.8 Å². The fourth-order valence-electron chi connectivity index (χ4n) is 3.02. The summed E-state index contributed by atoms with van der Waals surface area (Å²) in [4.78, 5) is 2.44. The molecule has 4 heteroatoms. The summed E-state index contributed by atoms with van der Waals surface area (Å²) >= 11 is 5.92. The highest BCUT2D eigenvalue weighted by Crippen LogP contribution is 2.23. The van der Waals surface area contributed by atoms with Crippen molar-refractivity contribution in [3.8, 4) is 5.75 Å². The van der Waals surface area contributed by atoms with Gasteiger partial charge in [0.2, 0.25) is 0 Å². The Hall–Kier alpha value is -1.71. The van der Waals surface area contributed by atoms with Crippen LogP contribution >= 0.6 is 11.6 Å². The molecule has 1 saturated heterocycles. The molecule has 1 fully saturated rings. The molecular formula is C20H25ClN2O. The summed E-state index contributed by atoms with van der Waals surface area (Å²) in [5.41, 5.74) is 2.65. The minimum absolute atomic E-state index is 0.319. The van der Waals surface area contributed by atoms with Gasteiger partial charge >= 0.3 is 0 Å². The SMILES string of the molecule is CC(C)c1ccc(N2CCNCC2COc2ccc(Cl)cc2)cc1. The molecule has 3 rings (SSSR count). The average Bonchev–Trinajstić information content (AvgIpc) is 2.61. The molecule has 0 spiro atoms. The second kappa shape index (κ2) is 7.91. The normalized spacial score (nSPS) is 18.0. The summed E-state index contributed by atoms with van der Waals surface area (Å²) < 4.78 is 5.97. The monoisotopic (exact) mass is 344 g/mol. The average molecular weight is 345 g/mol. The molecule has 1 unspecified atom stereocenters. The van der Waals surface area contributed by atoms with Crippen LogP contribution in [0, 0.1) is 0 Å². The van der Waals surface area contributed by atoms with E-state index in [2.05, 4.69) is 48.3 Å². The molecule has 3 nitrogen and oxygen atoms in total. The predicted octanol–water partition coefficient (Wildman–Crippen LogP) is 4.32. The minimum Gasteiger partial charge on any atom is -0.491 e. The van der Waals surface area contributed by atoms with Crippen molar-refractivity contribution in [3.05, 3.63) is 59.1 Å². The van der Waals surface area contributed by atoms with Gasteiger partial charge in [0.15, 0.2) is 0 Å². The highest BCUT2D eigenvalue weighted by molar-refractivity contribution is 6.30. The van der Waals surface area contributed by atoms with Gasteiger partial charge in [-0.15, -0.1) is 0 Å². The number of benzene rings is 2. The van der Waals surface area contributed by atoms with E-state index in [0.29, 0.717) is 18.6 Å². The summed E-state index contributed by atoms with van der Waals surface area (Å²) in [7, 11) is 0. The summed E-state index contributed by atoms with van der Waals surface area (Å²) in [6, 6.07) is 16.8. The van der Waals surface area contributed by atoms with Crippen LogP contribution in [0.2, 0.25) is 5.02 Å². The van der Waals surface area contributed by atoms with Crippen molar-refractivity contribution >= 4 is 17.3 Å². The highest BCUT2D eigenvalue weighted by atomic mass is 35.5. The molecule has 0 aliphatic carbocycles. The maximum Gasteiger partial charge on any atom is 0.119 e. The molecule has 1 aliphatic heterocycles. The van der Waals surface area contributed by atoms with Crippen LogP contribution in [0.25, 0.3) is 0 Å². The molecule has 0 bridgehead atoms. The van der Waals surface area contributed by atoms with E-state index in [4.69, 9.17) is 16.3 Å². The van der Waals surface area contributed by atoms with Crippen molar-refractivity contribution in [2.75, 3.05) is 31.1 Å². The number of hydrogen-bond acceptors (Lipinski definition) is 3. The van der Waals surface area contributed by atoms with Crippen molar-refractivity contribution in [1.29, 1.82) is 0 Å². The molecule has 2 aromatic carbocycles. The Kier molecular flexibility index (Phi) is 5.64. The number of nitrogens with one attached hydrogen (secondary N) is 1. The molecule has 2 aromatic rings. The molecule has 0 aromatic heterocycles. The summed E-state index contributed by atoms with van der Waals surface area (Å²) in [6.07, 6.45) is 0. The minimum atomic E-state index is 0.319. The summed E-state index contributed by atoms with van der Waals surface area (Å²) in [5, 5.41) is 4.20. The van der Waals surface area contributed by atoms with Crippen molar-refractivity contribution in [1.82, 2.24) is 5.32 Å². The predicted molar refractivity (Wildman–Crippen MR) is 101 cm³/mol. The van der Waals surface area contributed by atoms with Crippen LogP contribution in [0.1, 0.15) is 25.3 Å². The van der Waals surface area contributed by atoms with Crippen LogP contribution in [-0.2, 0) is 0 Å². The number of rotatable bonds is 5. The fourth-order valence-corrected chi connectivity index (χ4v) is 3.15. The first kappa shape index (κ1) is 17.1. The Morgan fingerprint density at radius 2 is 1.83 bits per heavy atom. The molecule has 1 aliphatic rings. The Morgan fingerprint density at radius 3 is 2.50 bits per heavy atom. The molecule has 1 N–H and O–H groups in total. The maximum atomic E-state index is 5.97. The lowest BCUT2D eigenvalue weighted by atomic mass is 10.0. The molecular weight excluding hydrogens is 320 g/mol. The molecule has 24 heavy (non-hydrogen) atoms. The lowest BCUT2D eigenvalue weighted by Gasteiger charge is -2.38. The van der Waals surface area contributed by atoms with Gasteiger partial charge in [-0.1, -0.05) is 37.6 Å². The zero-order valence-corrected chi connectivity index (χ0v) is 15.1. The summed E-state index contributed by atoms with van der Waals surface area (Å²) in [5.74, 6) is 1.42. The van der Waals surface area contributed by atoms with Gasteiger partial charge in [-0.25, -0.2) is 0 Å². The Labute approximate surface area is 149 Å². The van der Waals surface area contributed by atoms with Crippen molar-refractivity contribution in [3.63, 3.8) is 0 Å². The van der Waals surface area contributed by atoms with Crippen LogP contribution in [0.3, 0.4) is 0 Å². The number of halogens is 1. The van der Waals surface area contributed by atoms with Gasteiger partial charge in [0.1, 0.15) is 12.4 Å². The Balaban J connectivity index is 1.67. The quantitative estimate of drug-likeness (QED) is 0.874. The third kappa shape index (κ3) is 4.22. The van der Waals surface area contributed by atoms with Crippen LogP contribution in [0.5, 0.6) is 5.75 Å². The van der Waals surface area contributed by atoms with Gasteiger partial charge in [-0.05, 0) is 47.9 Å². The van der Waals surface area contributed by atoms with Crippen molar-refractivity contribution < 1.29 is 4.74 Å². The van der Waals surface area contributed by atoms with Crippen LogP contribution in [-0.4, -0.2) is 32.3 Å². The fraction of sp³-hybridized carbons (Fsp3) is 0.400. The van der Waals surface area contributed by atoms with Gasteiger partial charge in [0.25, 0.3) is 0 Å². The molecule has 0 saturated carbocycles. The first-order valence-corrected chi connectivity index (χ1v) is 8.97. The third-order valence-electron chi connectivity index (χ3n) is 4.50. The number of ether oxygens (including phenoxy) is 1. The first-order chi connectivity index (χ1) is 11.6. The Morgan fingerprint density at radius 1 is 1.12 bits per heavy atom. The largest absolute Gasteiger partial charge is 0.491 e.